The minimum atomic E-state index is -1.50. The predicted molar refractivity (Wildman–Crippen MR) is 94.9 cm³/mol. The van der Waals surface area contributed by atoms with Crippen molar-refractivity contribution in [2.45, 2.75) is 65.2 Å². The molecule has 0 spiro atoms. The molecule has 1 saturated carbocycles. The number of rotatable bonds is 1. The Hall–Kier alpha value is -0.880. The molecule has 2 aromatic heterocycles. The van der Waals surface area contributed by atoms with E-state index in [0.29, 0.717) is 16.2 Å². The summed E-state index contributed by atoms with van der Waals surface area (Å²) in [6.45, 7) is 6.60. The van der Waals surface area contributed by atoms with Gasteiger partial charge in [0.1, 0.15) is 10.7 Å². The van der Waals surface area contributed by atoms with E-state index in [2.05, 4.69) is 14.5 Å². The van der Waals surface area contributed by atoms with Crippen molar-refractivity contribution < 1.29 is 10.2 Å². The maximum Gasteiger partial charge on any atom is 0.163 e. The summed E-state index contributed by atoms with van der Waals surface area (Å²) < 4.78 is 2.11. The van der Waals surface area contributed by atoms with Crippen LogP contribution in [0.2, 0.25) is 10.2 Å². The van der Waals surface area contributed by atoms with Crippen LogP contribution in [-0.4, -0.2) is 30.5 Å². The highest BCUT2D eigenvalue weighted by Gasteiger charge is 2.20. The Kier molecular flexibility index (Phi) is 7.74. The Morgan fingerprint density at radius 3 is 2.22 bits per heavy atom. The van der Waals surface area contributed by atoms with Crippen molar-refractivity contribution in [2.24, 2.45) is 0 Å². The van der Waals surface area contributed by atoms with E-state index in [-0.39, 0.29) is 0 Å². The van der Waals surface area contributed by atoms with Gasteiger partial charge in [0.05, 0.1) is 11.3 Å². The summed E-state index contributed by atoms with van der Waals surface area (Å²) >= 11 is 12.0. The highest BCUT2D eigenvalue weighted by atomic mass is 35.5. The lowest BCUT2D eigenvalue weighted by atomic mass is 10.2. The highest BCUT2D eigenvalue weighted by Crippen LogP contribution is 2.33. The van der Waals surface area contributed by atoms with E-state index in [1.807, 2.05) is 20.2 Å². The summed E-state index contributed by atoms with van der Waals surface area (Å²) in [4.78, 5) is 8.64. The van der Waals surface area contributed by atoms with E-state index < -0.39 is 5.79 Å². The smallest absolute Gasteiger partial charge is 0.163 e. The van der Waals surface area contributed by atoms with Crippen LogP contribution in [0.5, 0.6) is 0 Å². The van der Waals surface area contributed by atoms with Crippen molar-refractivity contribution in [3.05, 3.63) is 22.6 Å². The van der Waals surface area contributed by atoms with E-state index in [4.69, 9.17) is 33.4 Å². The van der Waals surface area contributed by atoms with Crippen LogP contribution >= 0.6 is 23.2 Å². The maximum absolute atomic E-state index is 8.08. The van der Waals surface area contributed by atoms with Crippen molar-refractivity contribution in [1.29, 1.82) is 0 Å². The molecule has 0 atom stereocenters. The van der Waals surface area contributed by atoms with Crippen LogP contribution in [-0.2, 0) is 0 Å². The Labute approximate surface area is 147 Å². The molecule has 2 aromatic rings. The molecule has 2 N–H and O–H groups in total. The first-order valence-corrected chi connectivity index (χ1v) is 8.64. The molecular weight excluding hydrogens is 337 g/mol. The molecule has 3 rings (SSSR count). The molecule has 0 saturated heterocycles. The van der Waals surface area contributed by atoms with Gasteiger partial charge in [-0.1, -0.05) is 49.9 Å². The third-order valence-corrected chi connectivity index (χ3v) is 3.65. The largest absolute Gasteiger partial charge is 0.366 e. The van der Waals surface area contributed by atoms with Crippen LogP contribution in [0.4, 0.5) is 0 Å². The molecule has 7 heteroatoms. The van der Waals surface area contributed by atoms with Gasteiger partial charge in [-0.05, 0) is 32.8 Å². The van der Waals surface area contributed by atoms with Gasteiger partial charge < -0.3 is 14.8 Å². The van der Waals surface area contributed by atoms with Crippen molar-refractivity contribution in [3.8, 4) is 0 Å². The SMILES string of the molecule is CC.CC(C)(O)O.Clc1cc(Cl)c2ncn(C3CCCC3)c2n1. The zero-order chi connectivity index (χ0) is 17.6. The second-order valence-electron chi connectivity index (χ2n) is 5.68. The second kappa shape index (κ2) is 8.83. The van der Waals surface area contributed by atoms with Gasteiger partial charge >= 0.3 is 0 Å². The van der Waals surface area contributed by atoms with Gasteiger partial charge in [-0.15, -0.1) is 0 Å². The van der Waals surface area contributed by atoms with E-state index in [0.717, 1.165) is 11.2 Å². The molecule has 2 heterocycles. The first-order chi connectivity index (χ1) is 10.8. The predicted octanol–water partition coefficient (Wildman–Crippen LogP) is 4.59. The van der Waals surface area contributed by atoms with E-state index in [1.165, 1.54) is 39.5 Å². The summed E-state index contributed by atoms with van der Waals surface area (Å²) in [6.07, 6.45) is 6.77. The van der Waals surface area contributed by atoms with Crippen LogP contribution in [0.3, 0.4) is 0 Å². The monoisotopic (exact) mass is 361 g/mol. The van der Waals surface area contributed by atoms with Crippen LogP contribution in [0.15, 0.2) is 12.4 Å². The van der Waals surface area contributed by atoms with Gasteiger partial charge in [-0.3, -0.25) is 0 Å². The molecule has 130 valence electrons. The van der Waals surface area contributed by atoms with Crippen molar-refractivity contribution in [3.63, 3.8) is 0 Å². The third kappa shape index (κ3) is 6.26. The molecule has 5 nitrogen and oxygen atoms in total. The van der Waals surface area contributed by atoms with Crippen LogP contribution in [0.25, 0.3) is 11.2 Å². The summed E-state index contributed by atoms with van der Waals surface area (Å²) in [5.74, 6) is -1.50. The first kappa shape index (κ1) is 20.2. The van der Waals surface area contributed by atoms with Crippen molar-refractivity contribution in [2.75, 3.05) is 0 Å². The summed E-state index contributed by atoms with van der Waals surface area (Å²) in [7, 11) is 0. The number of aromatic nitrogens is 3. The zero-order valence-corrected chi connectivity index (χ0v) is 15.6. The molecule has 0 unspecified atom stereocenters. The normalized spacial score (nSPS) is 15.0. The number of aliphatic hydroxyl groups is 2. The number of pyridine rings is 1. The molecular formula is C16H25Cl2N3O2. The molecule has 1 aliphatic carbocycles. The number of hydrogen-bond donors (Lipinski definition) is 2. The second-order valence-corrected chi connectivity index (χ2v) is 6.48. The quantitative estimate of drug-likeness (QED) is 0.575. The van der Waals surface area contributed by atoms with Gasteiger partial charge in [-0.25, -0.2) is 9.97 Å². The maximum atomic E-state index is 8.08. The standard InChI is InChI=1S/C11H11Cl2N3.C3H8O2.C2H6/c12-8-5-9(13)15-11-10(8)14-6-16(11)7-3-1-2-4-7;1-3(2,4)5;1-2/h5-7H,1-4H2;4-5H,1-2H3;1-2H3. The Morgan fingerprint density at radius 2 is 1.70 bits per heavy atom. The van der Waals surface area contributed by atoms with E-state index >= 15 is 0 Å². The number of imidazole rings is 1. The summed E-state index contributed by atoms with van der Waals surface area (Å²) in [5, 5.41) is 17.2. The number of hydrogen-bond acceptors (Lipinski definition) is 4. The topological polar surface area (TPSA) is 71.2 Å². The van der Waals surface area contributed by atoms with Gasteiger partial charge in [0.25, 0.3) is 0 Å². The van der Waals surface area contributed by atoms with Gasteiger partial charge in [0.15, 0.2) is 11.4 Å². The highest BCUT2D eigenvalue weighted by molar-refractivity contribution is 6.37. The number of fused-ring (bicyclic) bond motifs is 1. The molecule has 0 aromatic carbocycles. The molecule has 23 heavy (non-hydrogen) atoms. The number of nitrogens with zero attached hydrogens (tertiary/aromatic N) is 3. The molecule has 0 radical (unpaired) electrons. The van der Waals surface area contributed by atoms with E-state index in [9.17, 15) is 0 Å². The first-order valence-electron chi connectivity index (χ1n) is 7.89. The molecule has 1 aliphatic rings. The van der Waals surface area contributed by atoms with Gasteiger partial charge in [0, 0.05) is 6.04 Å². The van der Waals surface area contributed by atoms with Gasteiger partial charge in [-0.2, -0.15) is 0 Å². The lowest BCUT2D eigenvalue weighted by Gasteiger charge is -2.11. The zero-order valence-electron chi connectivity index (χ0n) is 14.1. The van der Waals surface area contributed by atoms with Gasteiger partial charge in [0.2, 0.25) is 0 Å². The molecule has 0 bridgehead atoms. The molecule has 0 amide bonds. The lowest BCUT2D eigenvalue weighted by Crippen LogP contribution is -2.15. The Balaban J connectivity index is 0.000000327. The molecule has 0 aliphatic heterocycles. The number of halogens is 2. The Morgan fingerprint density at radius 1 is 1.17 bits per heavy atom. The van der Waals surface area contributed by atoms with Crippen LogP contribution in [0.1, 0.15) is 59.4 Å². The minimum absolute atomic E-state index is 0.428. The van der Waals surface area contributed by atoms with Crippen molar-refractivity contribution >= 4 is 34.4 Å². The third-order valence-electron chi connectivity index (χ3n) is 3.17. The summed E-state index contributed by atoms with van der Waals surface area (Å²) in [6, 6.07) is 2.14. The van der Waals surface area contributed by atoms with E-state index in [1.54, 1.807) is 6.07 Å². The van der Waals surface area contributed by atoms with Crippen LogP contribution < -0.4 is 0 Å². The fourth-order valence-corrected chi connectivity index (χ4v) is 2.87. The van der Waals surface area contributed by atoms with Crippen LogP contribution in [0, 0.1) is 0 Å². The fraction of sp³-hybridized carbons (Fsp3) is 0.625. The molecule has 1 fully saturated rings. The van der Waals surface area contributed by atoms with Crippen molar-refractivity contribution in [1.82, 2.24) is 14.5 Å². The Bertz CT molecular complexity index is 612. The average molecular weight is 362 g/mol. The minimum Gasteiger partial charge on any atom is -0.366 e. The summed E-state index contributed by atoms with van der Waals surface area (Å²) in [5.41, 5.74) is 1.56. The fourth-order valence-electron chi connectivity index (χ4n) is 2.39. The lowest BCUT2D eigenvalue weighted by molar-refractivity contribution is -0.127. The average Bonchev–Trinajstić information content (AvgIpc) is 3.06.